The van der Waals surface area contributed by atoms with Crippen LogP contribution in [0.1, 0.15) is 6.42 Å². The van der Waals surface area contributed by atoms with Crippen molar-refractivity contribution in [2.75, 3.05) is 20.3 Å². The Labute approximate surface area is 47.6 Å². The van der Waals surface area contributed by atoms with E-state index in [1.54, 1.807) is 0 Å². The van der Waals surface area contributed by atoms with Gasteiger partial charge < -0.3 is 4.74 Å². The maximum Gasteiger partial charge on any atom is 0.194 e. The SMILES string of the molecule is C1COC1.C[N+](=O)[O-]. The molecule has 0 aliphatic carbocycles. The van der Waals surface area contributed by atoms with Gasteiger partial charge in [-0.25, -0.2) is 0 Å². The van der Waals surface area contributed by atoms with E-state index in [-0.39, 0.29) is 0 Å². The van der Waals surface area contributed by atoms with E-state index in [1.807, 2.05) is 0 Å². The molecule has 4 heteroatoms. The third-order valence-corrected chi connectivity index (χ3v) is 0.577. The standard InChI is InChI=1S/C3H6O.CH3NO2/c1-2-4-3-1;1-2(3)4/h1-3H2;1H3. The van der Waals surface area contributed by atoms with Crippen LogP contribution in [0.4, 0.5) is 0 Å². The van der Waals surface area contributed by atoms with Crippen LogP contribution in [0, 0.1) is 10.1 Å². The molecule has 0 radical (unpaired) electrons. The Morgan fingerprint density at radius 3 is 1.75 bits per heavy atom. The van der Waals surface area contributed by atoms with Crippen molar-refractivity contribution in [2.24, 2.45) is 0 Å². The smallest absolute Gasteiger partial charge is 0.194 e. The van der Waals surface area contributed by atoms with Crippen LogP contribution in [0.5, 0.6) is 0 Å². The third-order valence-electron chi connectivity index (χ3n) is 0.577. The Hall–Kier alpha value is -0.640. The molecule has 1 saturated heterocycles. The van der Waals surface area contributed by atoms with Crippen molar-refractivity contribution in [2.45, 2.75) is 6.42 Å². The molecule has 48 valence electrons. The van der Waals surface area contributed by atoms with Crippen molar-refractivity contribution >= 4 is 0 Å². The Bertz CT molecular complexity index is 61.7. The summed E-state index contributed by atoms with van der Waals surface area (Å²) in [5.74, 6) is 0. The lowest BCUT2D eigenvalue weighted by Crippen LogP contribution is -2.09. The first kappa shape index (κ1) is 7.36. The Balaban J connectivity index is 0.000000122. The first-order valence-corrected chi connectivity index (χ1v) is 2.39. The predicted octanol–water partition coefficient (Wildman–Crippen LogP) is 0.300. The molecule has 1 heterocycles. The summed E-state index contributed by atoms with van der Waals surface area (Å²) >= 11 is 0. The van der Waals surface area contributed by atoms with Crippen LogP contribution in [-0.2, 0) is 4.74 Å². The van der Waals surface area contributed by atoms with Gasteiger partial charge in [-0.1, -0.05) is 0 Å². The molecule has 0 spiro atoms. The number of ether oxygens (including phenoxy) is 1. The van der Waals surface area contributed by atoms with Gasteiger partial charge in [0.05, 0.1) is 0 Å². The molecule has 1 rings (SSSR count). The van der Waals surface area contributed by atoms with E-state index in [2.05, 4.69) is 0 Å². The van der Waals surface area contributed by atoms with Crippen LogP contribution < -0.4 is 0 Å². The van der Waals surface area contributed by atoms with E-state index >= 15 is 0 Å². The van der Waals surface area contributed by atoms with Gasteiger partial charge in [-0.05, 0) is 6.42 Å². The highest BCUT2D eigenvalue weighted by atomic mass is 16.6. The average molecular weight is 119 g/mol. The van der Waals surface area contributed by atoms with Gasteiger partial charge in [-0.2, -0.15) is 0 Å². The van der Waals surface area contributed by atoms with Crippen molar-refractivity contribution in [1.82, 2.24) is 0 Å². The second-order valence-electron chi connectivity index (χ2n) is 1.41. The molecule has 0 aromatic rings. The summed E-state index contributed by atoms with van der Waals surface area (Å²) in [7, 11) is 0.889. The highest BCUT2D eigenvalue weighted by Gasteiger charge is 1.94. The molecule has 4 nitrogen and oxygen atoms in total. The van der Waals surface area contributed by atoms with Crippen LogP contribution in [0.15, 0.2) is 0 Å². The number of rotatable bonds is 0. The zero-order valence-electron chi connectivity index (χ0n) is 4.79. The zero-order chi connectivity index (χ0) is 6.41. The summed E-state index contributed by atoms with van der Waals surface area (Å²) < 4.78 is 4.72. The van der Waals surface area contributed by atoms with E-state index in [0.717, 1.165) is 20.3 Å². The quantitative estimate of drug-likeness (QED) is 0.340. The Morgan fingerprint density at radius 2 is 1.75 bits per heavy atom. The van der Waals surface area contributed by atoms with Crippen LogP contribution in [-0.4, -0.2) is 25.2 Å². The molecule has 0 atom stereocenters. The van der Waals surface area contributed by atoms with Gasteiger partial charge in [0.2, 0.25) is 0 Å². The first-order valence-electron chi connectivity index (χ1n) is 2.39. The maximum absolute atomic E-state index is 8.81. The van der Waals surface area contributed by atoms with E-state index in [0.29, 0.717) is 0 Å². The summed E-state index contributed by atoms with van der Waals surface area (Å²) in [6, 6.07) is 0. The zero-order valence-corrected chi connectivity index (χ0v) is 4.79. The van der Waals surface area contributed by atoms with Gasteiger partial charge in [0, 0.05) is 18.1 Å². The Morgan fingerprint density at radius 1 is 1.62 bits per heavy atom. The van der Waals surface area contributed by atoms with Crippen molar-refractivity contribution in [3.8, 4) is 0 Å². The minimum Gasteiger partial charge on any atom is -0.381 e. The fraction of sp³-hybridized carbons (Fsp3) is 1.00. The lowest BCUT2D eigenvalue weighted by molar-refractivity contribution is -0.445. The van der Waals surface area contributed by atoms with Crippen molar-refractivity contribution in [1.29, 1.82) is 0 Å². The monoisotopic (exact) mass is 119 g/mol. The second kappa shape index (κ2) is 4.52. The summed E-state index contributed by atoms with van der Waals surface area (Å²) in [4.78, 5) is 8.31. The summed E-state index contributed by atoms with van der Waals surface area (Å²) in [5, 5.41) is 8.81. The minimum absolute atomic E-state index is 0.500. The number of nitro groups is 1. The van der Waals surface area contributed by atoms with Crippen LogP contribution in [0.25, 0.3) is 0 Å². The van der Waals surface area contributed by atoms with Crippen LogP contribution >= 0.6 is 0 Å². The third kappa shape index (κ3) is 9.03. The molecule has 0 N–H and O–H groups in total. The molecule has 0 bridgehead atoms. The highest BCUT2D eigenvalue weighted by Crippen LogP contribution is 1.93. The van der Waals surface area contributed by atoms with Gasteiger partial charge >= 0.3 is 0 Å². The normalized spacial score (nSPS) is 15.1. The predicted molar refractivity (Wildman–Crippen MR) is 28.4 cm³/mol. The fourth-order valence-electron chi connectivity index (χ4n) is 0.144. The summed E-state index contributed by atoms with van der Waals surface area (Å²) in [5.41, 5.74) is 0. The van der Waals surface area contributed by atoms with Crippen LogP contribution in [0.2, 0.25) is 0 Å². The minimum atomic E-state index is -0.500. The van der Waals surface area contributed by atoms with Gasteiger partial charge in [0.15, 0.2) is 7.05 Å². The number of hydrogen-bond acceptors (Lipinski definition) is 3. The summed E-state index contributed by atoms with van der Waals surface area (Å²) in [6.07, 6.45) is 1.28. The largest absolute Gasteiger partial charge is 0.381 e. The Kier molecular flexibility index (Phi) is 4.16. The van der Waals surface area contributed by atoms with Gasteiger partial charge in [0.1, 0.15) is 0 Å². The molecule has 0 aromatic carbocycles. The van der Waals surface area contributed by atoms with E-state index < -0.39 is 4.92 Å². The molecular formula is C4H9NO3. The topological polar surface area (TPSA) is 52.4 Å². The van der Waals surface area contributed by atoms with Crippen LogP contribution in [0.3, 0.4) is 0 Å². The van der Waals surface area contributed by atoms with Gasteiger partial charge in [-0.15, -0.1) is 0 Å². The molecule has 0 amide bonds. The first-order chi connectivity index (χ1) is 3.73. The molecule has 1 fully saturated rings. The molecule has 8 heavy (non-hydrogen) atoms. The molecule has 1 aliphatic heterocycles. The number of hydrogen-bond donors (Lipinski definition) is 0. The van der Waals surface area contributed by atoms with Crippen molar-refractivity contribution < 1.29 is 9.66 Å². The molecule has 0 saturated carbocycles. The van der Waals surface area contributed by atoms with Crippen molar-refractivity contribution in [3.63, 3.8) is 0 Å². The lowest BCUT2D eigenvalue weighted by atomic mass is 10.4. The molecule has 0 aromatic heterocycles. The second-order valence-corrected chi connectivity index (χ2v) is 1.41. The lowest BCUT2D eigenvalue weighted by Gasteiger charge is -2.09. The van der Waals surface area contributed by atoms with E-state index in [4.69, 9.17) is 14.9 Å². The highest BCUT2D eigenvalue weighted by molar-refractivity contribution is 4.41. The molecule has 0 unspecified atom stereocenters. The molecule has 1 aliphatic rings. The van der Waals surface area contributed by atoms with E-state index in [9.17, 15) is 0 Å². The maximum atomic E-state index is 8.81. The van der Waals surface area contributed by atoms with E-state index in [1.165, 1.54) is 6.42 Å². The summed E-state index contributed by atoms with van der Waals surface area (Å²) in [6.45, 7) is 2.00. The molecular weight excluding hydrogens is 110 g/mol. The van der Waals surface area contributed by atoms with Gasteiger partial charge in [0.25, 0.3) is 0 Å². The van der Waals surface area contributed by atoms with Gasteiger partial charge in [-0.3, -0.25) is 10.1 Å². The average Bonchev–Trinajstić information content (AvgIpc) is 1.19. The van der Waals surface area contributed by atoms with Crippen molar-refractivity contribution in [3.05, 3.63) is 10.1 Å². The number of nitrogens with zero attached hydrogens (tertiary/aromatic N) is 1. The fourth-order valence-corrected chi connectivity index (χ4v) is 0.144.